The predicted octanol–water partition coefficient (Wildman–Crippen LogP) is 4.55. The zero-order valence-corrected chi connectivity index (χ0v) is 21.0. The van der Waals surface area contributed by atoms with Crippen molar-refractivity contribution in [3.63, 3.8) is 0 Å². The summed E-state index contributed by atoms with van der Waals surface area (Å²) >= 11 is 0. The minimum absolute atomic E-state index is 0.0728. The molecule has 2 bridgehead atoms. The SMILES string of the molecule is CCCc1cnc(N2CC3COCC(C2)C3Oc2ncnc(Oc3ccc(CC)cc3F)c2C)nc1. The van der Waals surface area contributed by atoms with Crippen LogP contribution in [0.15, 0.2) is 36.9 Å². The summed E-state index contributed by atoms with van der Waals surface area (Å²) < 4.78 is 32.6. The first kappa shape index (κ1) is 24.4. The lowest BCUT2D eigenvalue weighted by atomic mass is 9.84. The molecular formula is C27H32FN5O3. The Morgan fingerprint density at radius 1 is 1.00 bits per heavy atom. The molecule has 190 valence electrons. The monoisotopic (exact) mass is 493 g/mol. The number of benzene rings is 1. The zero-order chi connectivity index (χ0) is 25.1. The van der Waals surface area contributed by atoms with Crippen LogP contribution in [0.5, 0.6) is 17.5 Å². The predicted molar refractivity (Wildman–Crippen MR) is 133 cm³/mol. The van der Waals surface area contributed by atoms with Crippen LogP contribution in [-0.4, -0.2) is 52.3 Å². The number of piperidine rings is 1. The van der Waals surface area contributed by atoms with Crippen molar-refractivity contribution in [1.82, 2.24) is 19.9 Å². The van der Waals surface area contributed by atoms with E-state index < -0.39 is 5.82 Å². The molecule has 2 aromatic heterocycles. The van der Waals surface area contributed by atoms with Crippen LogP contribution in [0.25, 0.3) is 0 Å². The van der Waals surface area contributed by atoms with Crippen molar-refractivity contribution in [3.05, 3.63) is 59.4 Å². The minimum Gasteiger partial charge on any atom is -0.473 e. The highest BCUT2D eigenvalue weighted by molar-refractivity contribution is 5.39. The molecule has 2 unspecified atom stereocenters. The van der Waals surface area contributed by atoms with Gasteiger partial charge < -0.3 is 19.1 Å². The van der Waals surface area contributed by atoms with E-state index in [-0.39, 0.29) is 29.6 Å². The lowest BCUT2D eigenvalue weighted by Crippen LogP contribution is -2.58. The van der Waals surface area contributed by atoms with Crippen molar-refractivity contribution >= 4 is 5.95 Å². The van der Waals surface area contributed by atoms with Crippen molar-refractivity contribution in [2.24, 2.45) is 11.8 Å². The summed E-state index contributed by atoms with van der Waals surface area (Å²) in [5, 5.41) is 0. The first-order valence-corrected chi connectivity index (χ1v) is 12.6. The second kappa shape index (κ2) is 10.7. The number of rotatable bonds is 8. The fourth-order valence-corrected chi connectivity index (χ4v) is 4.90. The maximum atomic E-state index is 14.5. The Morgan fingerprint density at radius 2 is 1.72 bits per heavy atom. The number of anilines is 1. The van der Waals surface area contributed by atoms with E-state index in [1.807, 2.05) is 32.3 Å². The third-order valence-electron chi connectivity index (χ3n) is 6.87. The highest BCUT2D eigenvalue weighted by atomic mass is 19.1. The van der Waals surface area contributed by atoms with Gasteiger partial charge in [0, 0.05) is 37.3 Å². The van der Waals surface area contributed by atoms with E-state index in [1.165, 1.54) is 12.4 Å². The number of ether oxygens (including phenoxy) is 3. The van der Waals surface area contributed by atoms with Crippen LogP contribution in [0.1, 0.15) is 37.0 Å². The summed E-state index contributed by atoms with van der Waals surface area (Å²) in [4.78, 5) is 20.0. The Morgan fingerprint density at radius 3 is 2.39 bits per heavy atom. The quantitative estimate of drug-likeness (QED) is 0.452. The molecule has 2 fully saturated rings. The Labute approximate surface area is 210 Å². The van der Waals surface area contributed by atoms with Crippen LogP contribution >= 0.6 is 0 Å². The summed E-state index contributed by atoms with van der Waals surface area (Å²) in [6.45, 7) is 8.61. The van der Waals surface area contributed by atoms with Gasteiger partial charge in [-0.2, -0.15) is 0 Å². The number of nitrogens with zero attached hydrogens (tertiary/aromatic N) is 5. The van der Waals surface area contributed by atoms with Gasteiger partial charge in [-0.25, -0.2) is 24.3 Å². The standard InChI is InChI=1S/C27H32FN5O3/c1-4-6-19-10-29-27(30-11-19)33-12-20-14-34-15-21(13-33)24(20)36-26-17(3)25(31-16-32-26)35-23-8-7-18(5-2)9-22(23)28/h7-11,16,20-21,24H,4-6,12-15H2,1-3H3. The molecule has 2 atom stereocenters. The molecule has 1 aromatic carbocycles. The summed E-state index contributed by atoms with van der Waals surface area (Å²) in [6, 6.07) is 4.96. The molecule has 2 aliphatic rings. The van der Waals surface area contributed by atoms with Gasteiger partial charge in [0.2, 0.25) is 17.7 Å². The van der Waals surface area contributed by atoms with Crippen molar-refractivity contribution in [2.75, 3.05) is 31.2 Å². The molecule has 8 nitrogen and oxygen atoms in total. The molecule has 0 N–H and O–H groups in total. The van der Waals surface area contributed by atoms with Crippen molar-refractivity contribution < 1.29 is 18.6 Å². The fraction of sp³-hybridized carbons (Fsp3) is 0.481. The van der Waals surface area contributed by atoms with Gasteiger partial charge in [0.1, 0.15) is 12.4 Å². The van der Waals surface area contributed by atoms with Gasteiger partial charge in [-0.3, -0.25) is 0 Å². The molecular weight excluding hydrogens is 461 g/mol. The highest BCUT2D eigenvalue weighted by Crippen LogP contribution is 2.35. The number of aryl methyl sites for hydroxylation is 2. The number of hydrogen-bond acceptors (Lipinski definition) is 8. The lowest BCUT2D eigenvalue weighted by molar-refractivity contribution is -0.0772. The van der Waals surface area contributed by atoms with Gasteiger partial charge in [-0.1, -0.05) is 26.3 Å². The van der Waals surface area contributed by atoms with E-state index >= 15 is 0 Å². The maximum Gasteiger partial charge on any atom is 0.229 e. The van der Waals surface area contributed by atoms with E-state index in [9.17, 15) is 4.39 Å². The molecule has 3 aromatic rings. The Bertz CT molecular complexity index is 1180. The molecule has 5 rings (SSSR count). The second-order valence-corrected chi connectivity index (χ2v) is 9.52. The van der Waals surface area contributed by atoms with Gasteiger partial charge >= 0.3 is 0 Å². The lowest BCUT2D eigenvalue weighted by Gasteiger charge is -2.46. The van der Waals surface area contributed by atoms with Crippen LogP contribution in [0, 0.1) is 24.6 Å². The molecule has 0 radical (unpaired) electrons. The van der Waals surface area contributed by atoms with Gasteiger partial charge in [0.05, 0.1) is 18.8 Å². The third kappa shape index (κ3) is 5.11. The topological polar surface area (TPSA) is 82.5 Å². The minimum atomic E-state index is -0.418. The van der Waals surface area contributed by atoms with Crippen LogP contribution in [0.3, 0.4) is 0 Å². The second-order valence-electron chi connectivity index (χ2n) is 9.52. The molecule has 2 aliphatic heterocycles. The van der Waals surface area contributed by atoms with E-state index in [4.69, 9.17) is 14.2 Å². The molecule has 2 saturated heterocycles. The summed E-state index contributed by atoms with van der Waals surface area (Å²) in [6.07, 6.45) is 7.97. The summed E-state index contributed by atoms with van der Waals surface area (Å²) in [5.74, 6) is 1.45. The van der Waals surface area contributed by atoms with Gasteiger partial charge in [-0.05, 0) is 43.0 Å². The van der Waals surface area contributed by atoms with Crippen LogP contribution in [0.2, 0.25) is 0 Å². The first-order chi connectivity index (χ1) is 17.6. The largest absolute Gasteiger partial charge is 0.473 e. The van der Waals surface area contributed by atoms with E-state index in [2.05, 4.69) is 31.8 Å². The van der Waals surface area contributed by atoms with Gasteiger partial charge in [0.15, 0.2) is 11.6 Å². The van der Waals surface area contributed by atoms with E-state index in [0.717, 1.165) is 49.4 Å². The number of hydrogen-bond donors (Lipinski definition) is 0. The Balaban J connectivity index is 1.30. The first-order valence-electron chi connectivity index (χ1n) is 12.6. The maximum absolute atomic E-state index is 14.5. The highest BCUT2D eigenvalue weighted by Gasteiger charge is 2.43. The van der Waals surface area contributed by atoms with E-state index in [0.29, 0.717) is 24.7 Å². The van der Waals surface area contributed by atoms with Crippen molar-refractivity contribution in [3.8, 4) is 17.5 Å². The third-order valence-corrected chi connectivity index (χ3v) is 6.87. The average molecular weight is 494 g/mol. The number of fused-ring (bicyclic) bond motifs is 2. The fourth-order valence-electron chi connectivity index (χ4n) is 4.90. The summed E-state index contributed by atoms with van der Waals surface area (Å²) in [5.41, 5.74) is 2.69. The smallest absolute Gasteiger partial charge is 0.229 e. The van der Waals surface area contributed by atoms with Crippen LogP contribution in [0.4, 0.5) is 10.3 Å². The molecule has 4 heterocycles. The Hall–Kier alpha value is -3.33. The van der Waals surface area contributed by atoms with Gasteiger partial charge in [-0.15, -0.1) is 0 Å². The zero-order valence-electron chi connectivity index (χ0n) is 21.0. The molecule has 0 aliphatic carbocycles. The van der Waals surface area contributed by atoms with Gasteiger partial charge in [0.25, 0.3) is 0 Å². The average Bonchev–Trinajstić information content (AvgIpc) is 2.88. The van der Waals surface area contributed by atoms with Crippen molar-refractivity contribution in [2.45, 2.75) is 46.1 Å². The normalized spacial score (nSPS) is 21.3. The molecule has 9 heteroatoms. The Kier molecular flexibility index (Phi) is 7.27. The molecule has 0 amide bonds. The molecule has 0 saturated carbocycles. The van der Waals surface area contributed by atoms with E-state index in [1.54, 1.807) is 6.07 Å². The number of aromatic nitrogens is 4. The van der Waals surface area contributed by atoms with Crippen LogP contribution < -0.4 is 14.4 Å². The molecule has 0 spiro atoms. The molecule has 36 heavy (non-hydrogen) atoms. The van der Waals surface area contributed by atoms with Crippen LogP contribution in [-0.2, 0) is 17.6 Å². The van der Waals surface area contributed by atoms with Crippen molar-refractivity contribution in [1.29, 1.82) is 0 Å². The summed E-state index contributed by atoms with van der Waals surface area (Å²) in [7, 11) is 0. The number of halogens is 1.